The minimum absolute atomic E-state index is 0.215. The second-order valence-corrected chi connectivity index (χ2v) is 5.69. The highest BCUT2D eigenvalue weighted by molar-refractivity contribution is 7.41. The molecular weight excluding hydrogens is 295 g/mol. The average molecular weight is 316 g/mol. The molecule has 0 radical (unpaired) electrons. The van der Waals surface area contributed by atoms with Crippen LogP contribution in [0.3, 0.4) is 0 Å². The number of aliphatic imine (C=N–C) groups is 1. The summed E-state index contributed by atoms with van der Waals surface area (Å²) in [6, 6.07) is 16.2. The largest absolute Gasteiger partial charge is 0.372 e. The van der Waals surface area contributed by atoms with Crippen molar-refractivity contribution >= 4 is 20.8 Å². The molecular formula is C17H21N2O2P. The van der Waals surface area contributed by atoms with Crippen molar-refractivity contribution in [2.75, 3.05) is 6.54 Å². The van der Waals surface area contributed by atoms with Crippen LogP contribution < -0.4 is 10.6 Å². The van der Waals surface area contributed by atoms with Gasteiger partial charge in [0, 0.05) is 14.1 Å². The number of aliphatic hydroxyl groups excluding tert-OH is 1. The minimum Gasteiger partial charge on any atom is -0.372 e. The van der Waals surface area contributed by atoms with E-state index in [4.69, 9.17) is 0 Å². The third-order valence-corrected chi connectivity index (χ3v) is 4.15. The van der Waals surface area contributed by atoms with E-state index in [9.17, 15) is 10.00 Å². The number of nitrogens with one attached hydrogen (secondary N) is 1. The molecule has 2 rings (SSSR count). The molecule has 4 nitrogen and oxygen atoms in total. The Hall–Kier alpha value is -1.58. The molecule has 2 aromatic carbocycles. The first-order valence-electron chi connectivity index (χ1n) is 7.21. The number of aliphatic hydroxyl groups is 1. The van der Waals surface area contributed by atoms with Crippen molar-refractivity contribution < 1.29 is 10.00 Å². The lowest BCUT2D eigenvalue weighted by molar-refractivity contribution is 0.148. The molecule has 2 atom stereocenters. The summed E-state index contributed by atoms with van der Waals surface area (Å²) >= 11 is 0. The lowest BCUT2D eigenvalue weighted by Crippen LogP contribution is -2.27. The topological polar surface area (TPSA) is 64.9 Å². The summed E-state index contributed by atoms with van der Waals surface area (Å²) in [7, 11) is -0.215. The van der Waals surface area contributed by atoms with E-state index in [-0.39, 0.29) is 8.81 Å². The molecule has 2 aromatic rings. The van der Waals surface area contributed by atoms with Gasteiger partial charge in [-0.25, -0.2) is 0 Å². The highest BCUT2D eigenvalue weighted by atomic mass is 31.1. The Labute approximate surface area is 132 Å². The highest BCUT2D eigenvalue weighted by Gasteiger charge is 2.08. The van der Waals surface area contributed by atoms with Gasteiger partial charge < -0.3 is 10.00 Å². The van der Waals surface area contributed by atoms with E-state index >= 15 is 0 Å². The van der Waals surface area contributed by atoms with E-state index in [1.807, 2.05) is 36.4 Å². The minimum atomic E-state index is -0.897. The SMILES string of the molecule is C=NC(O)NCCCc1ccccc1-c1ccccc1PO. The third-order valence-electron chi connectivity index (χ3n) is 3.48. The van der Waals surface area contributed by atoms with Crippen LogP contribution in [0, 0.1) is 0 Å². The Morgan fingerprint density at radius 2 is 1.77 bits per heavy atom. The molecule has 0 spiro atoms. The van der Waals surface area contributed by atoms with E-state index in [0.29, 0.717) is 6.54 Å². The Kier molecular flexibility index (Phi) is 6.69. The summed E-state index contributed by atoms with van der Waals surface area (Å²) in [5, 5.41) is 13.1. The molecule has 2 unspecified atom stereocenters. The molecule has 0 amide bonds. The number of nitrogens with zero attached hydrogens (tertiary/aromatic N) is 1. The van der Waals surface area contributed by atoms with E-state index in [2.05, 4.69) is 29.2 Å². The molecule has 0 aliphatic carbocycles. The van der Waals surface area contributed by atoms with Crippen LogP contribution in [-0.4, -0.2) is 29.6 Å². The molecule has 0 heterocycles. The van der Waals surface area contributed by atoms with Gasteiger partial charge in [0.1, 0.15) is 0 Å². The quantitative estimate of drug-likeness (QED) is 0.302. The fraction of sp³-hybridized carbons (Fsp3) is 0.235. The van der Waals surface area contributed by atoms with Crippen LogP contribution in [0.5, 0.6) is 0 Å². The van der Waals surface area contributed by atoms with Crippen LogP contribution in [0.1, 0.15) is 12.0 Å². The number of hydrogen-bond donors (Lipinski definition) is 3. The predicted molar refractivity (Wildman–Crippen MR) is 93.9 cm³/mol. The molecule has 0 bridgehead atoms. The molecule has 0 aromatic heterocycles. The first-order chi connectivity index (χ1) is 10.8. The summed E-state index contributed by atoms with van der Waals surface area (Å²) in [5.41, 5.74) is 3.47. The van der Waals surface area contributed by atoms with Gasteiger partial charge in [0.2, 0.25) is 6.35 Å². The van der Waals surface area contributed by atoms with Gasteiger partial charge in [-0.3, -0.25) is 10.3 Å². The van der Waals surface area contributed by atoms with Crippen LogP contribution in [0.25, 0.3) is 11.1 Å². The fourth-order valence-electron chi connectivity index (χ4n) is 2.39. The molecule has 3 N–H and O–H groups in total. The van der Waals surface area contributed by atoms with Crippen molar-refractivity contribution in [2.45, 2.75) is 19.2 Å². The van der Waals surface area contributed by atoms with Gasteiger partial charge >= 0.3 is 0 Å². The predicted octanol–water partition coefficient (Wildman–Crippen LogP) is 2.06. The van der Waals surface area contributed by atoms with Gasteiger partial charge in [-0.15, -0.1) is 0 Å². The Morgan fingerprint density at radius 3 is 2.50 bits per heavy atom. The Morgan fingerprint density at radius 1 is 1.09 bits per heavy atom. The van der Waals surface area contributed by atoms with Crippen molar-refractivity contribution in [3.8, 4) is 11.1 Å². The number of aryl methyl sites for hydroxylation is 1. The van der Waals surface area contributed by atoms with Gasteiger partial charge in [-0.1, -0.05) is 48.5 Å². The van der Waals surface area contributed by atoms with Crippen molar-refractivity contribution in [1.29, 1.82) is 0 Å². The van der Waals surface area contributed by atoms with E-state index in [0.717, 1.165) is 29.3 Å². The van der Waals surface area contributed by atoms with Gasteiger partial charge in [0.15, 0.2) is 0 Å². The summed E-state index contributed by atoms with van der Waals surface area (Å²) in [5.74, 6) is 0. The number of hydrogen-bond acceptors (Lipinski definition) is 4. The number of benzene rings is 2. The summed E-state index contributed by atoms with van der Waals surface area (Å²) in [4.78, 5) is 13.0. The van der Waals surface area contributed by atoms with Crippen molar-refractivity contribution in [3.05, 3.63) is 54.1 Å². The molecule has 0 saturated carbocycles. The van der Waals surface area contributed by atoms with E-state index in [1.54, 1.807) is 0 Å². The van der Waals surface area contributed by atoms with Crippen LogP contribution >= 0.6 is 8.81 Å². The smallest absolute Gasteiger partial charge is 0.201 e. The zero-order chi connectivity index (χ0) is 15.8. The summed E-state index contributed by atoms with van der Waals surface area (Å²) in [6.45, 7) is 3.95. The summed E-state index contributed by atoms with van der Waals surface area (Å²) < 4.78 is 0. The second-order valence-electron chi connectivity index (χ2n) is 4.93. The van der Waals surface area contributed by atoms with Gasteiger partial charge in [-0.05, 0) is 42.8 Å². The molecule has 0 fully saturated rings. The Balaban J connectivity index is 2.12. The van der Waals surface area contributed by atoms with Crippen LogP contribution in [-0.2, 0) is 6.42 Å². The van der Waals surface area contributed by atoms with E-state index in [1.165, 1.54) is 5.56 Å². The molecule has 0 aliphatic rings. The highest BCUT2D eigenvalue weighted by Crippen LogP contribution is 2.26. The molecule has 0 aliphatic heterocycles. The van der Waals surface area contributed by atoms with Crippen LogP contribution in [0.4, 0.5) is 0 Å². The number of rotatable bonds is 8. The maximum atomic E-state index is 9.55. The van der Waals surface area contributed by atoms with Crippen LogP contribution in [0.2, 0.25) is 0 Å². The third kappa shape index (κ3) is 4.46. The van der Waals surface area contributed by atoms with Crippen molar-refractivity contribution in [1.82, 2.24) is 5.32 Å². The van der Waals surface area contributed by atoms with Gasteiger partial charge in [-0.2, -0.15) is 0 Å². The second kappa shape index (κ2) is 8.76. The summed E-state index contributed by atoms with van der Waals surface area (Å²) in [6.07, 6.45) is 0.870. The average Bonchev–Trinajstić information content (AvgIpc) is 2.58. The van der Waals surface area contributed by atoms with Gasteiger partial charge in [0.25, 0.3) is 0 Å². The molecule has 0 saturated heterocycles. The van der Waals surface area contributed by atoms with E-state index < -0.39 is 6.35 Å². The fourth-order valence-corrected chi connectivity index (χ4v) is 2.90. The zero-order valence-electron chi connectivity index (χ0n) is 12.4. The van der Waals surface area contributed by atoms with Gasteiger partial charge in [0.05, 0.1) is 0 Å². The lowest BCUT2D eigenvalue weighted by atomic mass is 9.96. The van der Waals surface area contributed by atoms with Crippen LogP contribution in [0.15, 0.2) is 53.5 Å². The normalized spacial score (nSPS) is 12.6. The van der Waals surface area contributed by atoms with Crippen molar-refractivity contribution in [3.63, 3.8) is 0 Å². The first-order valence-corrected chi connectivity index (χ1v) is 8.15. The Bertz CT molecular complexity index is 619. The standard InChI is InChI=1S/C17H21N2O2P/c1-18-17(20)19-12-6-8-13-7-2-3-9-14(13)15-10-4-5-11-16(15)22-21/h2-5,7,9-11,17,19-22H,1,6,8,12H2. The zero-order valence-corrected chi connectivity index (χ0v) is 13.4. The lowest BCUT2D eigenvalue weighted by Gasteiger charge is -2.13. The molecule has 5 heteroatoms. The monoisotopic (exact) mass is 316 g/mol. The van der Waals surface area contributed by atoms with Crippen molar-refractivity contribution in [2.24, 2.45) is 4.99 Å². The maximum Gasteiger partial charge on any atom is 0.201 e. The molecule has 116 valence electrons. The molecule has 22 heavy (non-hydrogen) atoms. The maximum absolute atomic E-state index is 9.55. The first kappa shape index (κ1) is 16.8.